The van der Waals surface area contributed by atoms with E-state index in [-0.39, 0.29) is 6.61 Å². The molecule has 5 nitrogen and oxygen atoms in total. The molecule has 0 saturated heterocycles. The number of aromatic nitrogens is 2. The monoisotopic (exact) mass is 248 g/mol. The molecule has 0 fully saturated rings. The van der Waals surface area contributed by atoms with Gasteiger partial charge in [0.2, 0.25) is 0 Å². The van der Waals surface area contributed by atoms with Crippen molar-refractivity contribution in [2.75, 3.05) is 0 Å². The number of imidazole rings is 1. The molecule has 2 rings (SSSR count). The molecule has 1 heterocycles. The summed E-state index contributed by atoms with van der Waals surface area (Å²) in [6, 6.07) is 5.25. The molecule has 0 radical (unpaired) electrons. The van der Waals surface area contributed by atoms with Gasteiger partial charge in [0.15, 0.2) is 0 Å². The van der Waals surface area contributed by atoms with Crippen LogP contribution >= 0.6 is 0 Å². The average molecular weight is 248 g/mol. The molecule has 0 atom stereocenters. The third-order valence-electron chi connectivity index (χ3n) is 2.38. The van der Waals surface area contributed by atoms with E-state index in [9.17, 15) is 4.79 Å². The van der Waals surface area contributed by atoms with E-state index in [0.29, 0.717) is 11.0 Å². The normalized spacial score (nSPS) is 11.8. The summed E-state index contributed by atoms with van der Waals surface area (Å²) in [5.41, 5.74) is 1.55. The van der Waals surface area contributed by atoms with Crippen molar-refractivity contribution in [1.29, 1.82) is 0 Å². The van der Waals surface area contributed by atoms with Crippen molar-refractivity contribution < 1.29 is 14.6 Å². The van der Waals surface area contributed by atoms with Crippen LogP contribution in [0.4, 0.5) is 4.79 Å². The van der Waals surface area contributed by atoms with Gasteiger partial charge in [-0.3, -0.25) is 0 Å². The average Bonchev–Trinajstić information content (AvgIpc) is 2.69. The zero-order valence-corrected chi connectivity index (χ0v) is 10.7. The van der Waals surface area contributed by atoms with Crippen LogP contribution in [0.25, 0.3) is 11.0 Å². The quantitative estimate of drug-likeness (QED) is 0.841. The molecular weight excluding hydrogens is 232 g/mol. The maximum atomic E-state index is 11.9. The van der Waals surface area contributed by atoms with Gasteiger partial charge in [0.25, 0.3) is 0 Å². The molecule has 0 aliphatic carbocycles. The van der Waals surface area contributed by atoms with Gasteiger partial charge in [0.05, 0.1) is 17.6 Å². The molecule has 0 amide bonds. The van der Waals surface area contributed by atoms with E-state index in [0.717, 1.165) is 5.56 Å². The standard InChI is InChI=1S/C13H16N2O3/c1-13(2,3)18-12(17)15-8-14-10-6-9(7-16)4-5-11(10)15/h4-6,8,16H,7H2,1-3H3. The Morgan fingerprint density at radius 2 is 2.17 bits per heavy atom. The largest absolute Gasteiger partial charge is 0.443 e. The van der Waals surface area contributed by atoms with E-state index in [2.05, 4.69) is 4.98 Å². The Kier molecular flexibility index (Phi) is 3.09. The minimum Gasteiger partial charge on any atom is -0.443 e. The highest BCUT2D eigenvalue weighted by molar-refractivity contribution is 5.86. The number of fused-ring (bicyclic) bond motifs is 1. The fraction of sp³-hybridized carbons (Fsp3) is 0.385. The Hall–Kier alpha value is -1.88. The minimum atomic E-state index is -0.543. The van der Waals surface area contributed by atoms with Gasteiger partial charge in [-0.25, -0.2) is 14.3 Å². The van der Waals surface area contributed by atoms with Crippen molar-refractivity contribution in [1.82, 2.24) is 9.55 Å². The van der Waals surface area contributed by atoms with Gasteiger partial charge >= 0.3 is 6.09 Å². The minimum absolute atomic E-state index is 0.0464. The lowest BCUT2D eigenvalue weighted by Gasteiger charge is -2.19. The molecule has 1 aromatic carbocycles. The van der Waals surface area contributed by atoms with E-state index < -0.39 is 11.7 Å². The summed E-state index contributed by atoms with van der Waals surface area (Å²) >= 11 is 0. The molecule has 0 bridgehead atoms. The summed E-state index contributed by atoms with van der Waals surface area (Å²) < 4.78 is 6.64. The molecule has 2 aromatic rings. The summed E-state index contributed by atoms with van der Waals surface area (Å²) in [6.45, 7) is 5.39. The molecule has 0 aliphatic rings. The first-order chi connectivity index (χ1) is 8.40. The lowest BCUT2D eigenvalue weighted by molar-refractivity contribution is 0.0543. The van der Waals surface area contributed by atoms with E-state index in [4.69, 9.17) is 9.84 Å². The number of carbonyl (C=O) groups is 1. The number of aliphatic hydroxyl groups is 1. The van der Waals surface area contributed by atoms with E-state index in [1.165, 1.54) is 10.9 Å². The molecule has 0 spiro atoms. The smallest absolute Gasteiger partial charge is 0.420 e. The number of benzene rings is 1. The van der Waals surface area contributed by atoms with Crippen molar-refractivity contribution in [3.05, 3.63) is 30.1 Å². The van der Waals surface area contributed by atoms with Crippen molar-refractivity contribution in [3.8, 4) is 0 Å². The molecule has 1 aromatic heterocycles. The number of hydrogen-bond acceptors (Lipinski definition) is 4. The summed E-state index contributed by atoms with van der Waals surface area (Å²) in [4.78, 5) is 16.1. The first-order valence-electron chi connectivity index (χ1n) is 5.71. The highest BCUT2D eigenvalue weighted by Gasteiger charge is 2.19. The summed E-state index contributed by atoms with van der Waals surface area (Å²) in [5.74, 6) is 0. The first kappa shape index (κ1) is 12.6. The lowest BCUT2D eigenvalue weighted by Crippen LogP contribution is -2.26. The van der Waals surface area contributed by atoms with Gasteiger partial charge < -0.3 is 9.84 Å². The van der Waals surface area contributed by atoms with Gasteiger partial charge in [-0.05, 0) is 38.5 Å². The summed E-state index contributed by atoms with van der Waals surface area (Å²) in [7, 11) is 0. The van der Waals surface area contributed by atoms with E-state index >= 15 is 0 Å². The van der Waals surface area contributed by atoms with Crippen LogP contribution in [0.5, 0.6) is 0 Å². The fourth-order valence-corrected chi connectivity index (χ4v) is 1.61. The summed E-state index contributed by atoms with van der Waals surface area (Å²) in [6.07, 6.45) is 0.974. The number of rotatable bonds is 1. The molecular formula is C13H16N2O3. The maximum Gasteiger partial charge on any atom is 0.420 e. The van der Waals surface area contributed by atoms with Gasteiger partial charge in [0, 0.05) is 0 Å². The van der Waals surface area contributed by atoms with Crippen LogP contribution in [0.2, 0.25) is 0 Å². The summed E-state index contributed by atoms with van der Waals surface area (Å²) in [5, 5.41) is 9.04. The van der Waals surface area contributed by atoms with Crippen molar-refractivity contribution >= 4 is 17.1 Å². The second-order valence-corrected chi connectivity index (χ2v) is 5.08. The third-order valence-corrected chi connectivity index (χ3v) is 2.38. The third kappa shape index (κ3) is 2.51. The molecule has 5 heteroatoms. The van der Waals surface area contributed by atoms with E-state index in [1.807, 2.05) is 20.8 Å². The molecule has 0 unspecified atom stereocenters. The van der Waals surface area contributed by atoms with Crippen LogP contribution in [0, 0.1) is 0 Å². The van der Waals surface area contributed by atoms with Crippen LogP contribution in [-0.4, -0.2) is 26.4 Å². The predicted molar refractivity (Wildman–Crippen MR) is 67.3 cm³/mol. The SMILES string of the molecule is CC(C)(C)OC(=O)n1cnc2cc(CO)ccc21. The Labute approximate surface area is 105 Å². The number of aliphatic hydroxyl groups excluding tert-OH is 1. The number of carbonyl (C=O) groups excluding carboxylic acids is 1. The highest BCUT2D eigenvalue weighted by atomic mass is 16.6. The second-order valence-electron chi connectivity index (χ2n) is 5.08. The predicted octanol–water partition coefficient (Wildman–Crippen LogP) is 2.31. The van der Waals surface area contributed by atoms with Gasteiger partial charge in [-0.15, -0.1) is 0 Å². The van der Waals surface area contributed by atoms with Crippen LogP contribution in [-0.2, 0) is 11.3 Å². The zero-order valence-electron chi connectivity index (χ0n) is 10.7. The van der Waals surface area contributed by atoms with E-state index in [1.54, 1.807) is 18.2 Å². The highest BCUT2D eigenvalue weighted by Crippen LogP contribution is 2.17. The topological polar surface area (TPSA) is 64.4 Å². The van der Waals surface area contributed by atoms with Crippen LogP contribution in [0.15, 0.2) is 24.5 Å². The molecule has 0 saturated carbocycles. The number of nitrogens with zero attached hydrogens (tertiary/aromatic N) is 2. The second kappa shape index (κ2) is 4.42. The van der Waals surface area contributed by atoms with Crippen molar-refractivity contribution in [2.45, 2.75) is 33.0 Å². The molecule has 1 N–H and O–H groups in total. The molecule has 0 aliphatic heterocycles. The molecule has 18 heavy (non-hydrogen) atoms. The van der Waals surface area contributed by atoms with Crippen molar-refractivity contribution in [2.24, 2.45) is 0 Å². The molecule has 96 valence electrons. The lowest BCUT2D eigenvalue weighted by atomic mass is 10.2. The zero-order chi connectivity index (χ0) is 13.3. The van der Waals surface area contributed by atoms with Gasteiger partial charge in [0.1, 0.15) is 11.9 Å². The van der Waals surface area contributed by atoms with Gasteiger partial charge in [-0.2, -0.15) is 0 Å². The van der Waals surface area contributed by atoms with Crippen LogP contribution in [0.3, 0.4) is 0 Å². The Morgan fingerprint density at radius 3 is 2.78 bits per heavy atom. The Bertz CT molecular complexity index is 581. The fourth-order valence-electron chi connectivity index (χ4n) is 1.61. The van der Waals surface area contributed by atoms with Gasteiger partial charge in [-0.1, -0.05) is 6.07 Å². The number of hydrogen-bond donors (Lipinski definition) is 1. The van der Waals surface area contributed by atoms with Crippen molar-refractivity contribution in [3.63, 3.8) is 0 Å². The van der Waals surface area contributed by atoms with Crippen LogP contribution in [0.1, 0.15) is 26.3 Å². The first-order valence-corrected chi connectivity index (χ1v) is 5.71. The van der Waals surface area contributed by atoms with Crippen LogP contribution < -0.4 is 0 Å². The maximum absolute atomic E-state index is 11.9. The number of ether oxygens (including phenoxy) is 1. The Morgan fingerprint density at radius 1 is 1.44 bits per heavy atom. The Balaban J connectivity index is 2.38.